The highest BCUT2D eigenvalue weighted by Crippen LogP contribution is 2.37. The predicted molar refractivity (Wildman–Crippen MR) is 67.1 cm³/mol. The number of hydrogen-bond acceptors (Lipinski definition) is 3. The largest absolute Gasteiger partial charge is 0.393 e. The van der Waals surface area contributed by atoms with E-state index >= 15 is 0 Å². The number of rotatable bonds is 2. The molecular weight excluding hydrogens is 238 g/mol. The predicted octanol–water partition coefficient (Wildman–Crippen LogP) is 1.87. The molecule has 0 radical (unpaired) electrons. The lowest BCUT2D eigenvalue weighted by Gasteiger charge is -2.38. The summed E-state index contributed by atoms with van der Waals surface area (Å²) in [6.07, 6.45) is 0.850. The van der Waals surface area contributed by atoms with E-state index in [-0.39, 0.29) is 12.2 Å². The summed E-state index contributed by atoms with van der Waals surface area (Å²) in [6, 6.07) is 7.37. The molecule has 0 saturated heterocycles. The number of carbonyl (C=O) groups excluding carboxylic acids is 1. The van der Waals surface area contributed by atoms with E-state index in [1.807, 2.05) is 18.2 Å². The third-order valence-electron chi connectivity index (χ3n) is 3.51. The van der Waals surface area contributed by atoms with Crippen LogP contribution in [0.25, 0.3) is 0 Å². The fraction of sp³-hybridized carbons (Fsp3) is 0.462. The van der Waals surface area contributed by atoms with Gasteiger partial charge in [0, 0.05) is 11.4 Å². The third kappa shape index (κ3) is 2.10. The number of benzene rings is 1. The van der Waals surface area contributed by atoms with Gasteiger partial charge in [-0.15, -0.1) is 0 Å². The summed E-state index contributed by atoms with van der Waals surface area (Å²) < 4.78 is 0. The van der Waals surface area contributed by atoms with Gasteiger partial charge in [-0.3, -0.25) is 4.79 Å². The molecule has 1 aromatic carbocycles. The average molecular weight is 254 g/mol. The summed E-state index contributed by atoms with van der Waals surface area (Å²) in [4.78, 5) is 12.2. The van der Waals surface area contributed by atoms with E-state index in [1.165, 1.54) is 0 Å². The number of Topliss-reactive ketones (excluding diaryl/α,β-unsaturated/α-hetero) is 1. The molecule has 0 spiro atoms. The van der Waals surface area contributed by atoms with Gasteiger partial charge in [-0.05, 0) is 31.5 Å². The molecule has 0 unspecified atom stereocenters. The van der Waals surface area contributed by atoms with Gasteiger partial charge in [0.1, 0.15) is 5.54 Å². The van der Waals surface area contributed by atoms with Crippen molar-refractivity contribution in [2.24, 2.45) is 0 Å². The van der Waals surface area contributed by atoms with Crippen LogP contribution >= 0.6 is 11.6 Å². The zero-order valence-corrected chi connectivity index (χ0v) is 10.5. The topological polar surface area (TPSA) is 49.3 Å². The highest BCUT2D eigenvalue weighted by atomic mass is 35.5. The van der Waals surface area contributed by atoms with Crippen molar-refractivity contribution >= 4 is 17.4 Å². The molecule has 4 heteroatoms. The fourth-order valence-electron chi connectivity index (χ4n) is 2.50. The van der Waals surface area contributed by atoms with Gasteiger partial charge in [0.25, 0.3) is 0 Å². The Bertz CT molecular complexity index is 435. The molecule has 3 nitrogen and oxygen atoms in total. The molecule has 0 amide bonds. The molecule has 1 aliphatic rings. The maximum absolute atomic E-state index is 12.2. The van der Waals surface area contributed by atoms with Crippen LogP contribution in [0.3, 0.4) is 0 Å². The quantitative estimate of drug-likeness (QED) is 0.846. The number of hydrogen-bond donors (Lipinski definition) is 2. The minimum Gasteiger partial charge on any atom is -0.393 e. The number of aliphatic hydroxyl groups excluding tert-OH is 1. The van der Waals surface area contributed by atoms with Gasteiger partial charge in [0.2, 0.25) is 0 Å². The van der Waals surface area contributed by atoms with Gasteiger partial charge in [0.15, 0.2) is 5.78 Å². The molecule has 0 heterocycles. The molecule has 0 bridgehead atoms. The van der Waals surface area contributed by atoms with Crippen LogP contribution in [0.2, 0.25) is 5.02 Å². The van der Waals surface area contributed by atoms with Crippen LogP contribution in [0.5, 0.6) is 0 Å². The van der Waals surface area contributed by atoms with Crippen molar-refractivity contribution in [1.29, 1.82) is 0 Å². The third-order valence-corrected chi connectivity index (χ3v) is 3.84. The Hall–Kier alpha value is -0.900. The van der Waals surface area contributed by atoms with E-state index in [0.29, 0.717) is 17.9 Å². The van der Waals surface area contributed by atoms with Crippen molar-refractivity contribution in [2.75, 3.05) is 7.05 Å². The van der Waals surface area contributed by atoms with Gasteiger partial charge >= 0.3 is 0 Å². The summed E-state index contributed by atoms with van der Waals surface area (Å²) in [5, 5.41) is 13.2. The second-order valence-corrected chi connectivity index (χ2v) is 4.86. The van der Waals surface area contributed by atoms with Gasteiger partial charge in [-0.25, -0.2) is 0 Å². The number of nitrogens with one attached hydrogen (secondary N) is 1. The highest BCUT2D eigenvalue weighted by molar-refractivity contribution is 6.31. The number of halogens is 1. The molecule has 0 aliphatic heterocycles. The number of likely N-dealkylation sites (N-methyl/N-ethyl adjacent to an activating group) is 1. The maximum Gasteiger partial charge on any atom is 0.160 e. The van der Waals surface area contributed by atoms with Crippen molar-refractivity contribution < 1.29 is 9.90 Å². The number of ketones is 1. The lowest BCUT2D eigenvalue weighted by Crippen LogP contribution is -2.51. The second kappa shape index (κ2) is 4.77. The van der Waals surface area contributed by atoms with Crippen molar-refractivity contribution in [3.8, 4) is 0 Å². The summed E-state index contributed by atoms with van der Waals surface area (Å²) in [5.41, 5.74) is 0.0680. The zero-order chi connectivity index (χ0) is 12.5. The number of aliphatic hydroxyl groups is 1. The molecule has 1 aromatic rings. The minimum absolute atomic E-state index is 0.00634. The van der Waals surface area contributed by atoms with Crippen molar-refractivity contribution in [3.05, 3.63) is 34.9 Å². The molecule has 92 valence electrons. The first-order valence-electron chi connectivity index (χ1n) is 5.75. The zero-order valence-electron chi connectivity index (χ0n) is 9.74. The average Bonchev–Trinajstić information content (AvgIpc) is 2.31. The van der Waals surface area contributed by atoms with Gasteiger partial charge in [0.05, 0.1) is 6.10 Å². The van der Waals surface area contributed by atoms with Crippen LogP contribution in [0.1, 0.15) is 24.8 Å². The summed E-state index contributed by atoms with van der Waals surface area (Å²) in [6.45, 7) is 0. The highest BCUT2D eigenvalue weighted by Gasteiger charge is 2.43. The Morgan fingerprint density at radius 1 is 1.47 bits per heavy atom. The van der Waals surface area contributed by atoms with Crippen molar-refractivity contribution in [1.82, 2.24) is 5.32 Å². The van der Waals surface area contributed by atoms with Gasteiger partial charge in [-0.2, -0.15) is 0 Å². The van der Waals surface area contributed by atoms with E-state index < -0.39 is 11.6 Å². The Kier molecular flexibility index (Phi) is 3.52. The summed E-state index contributed by atoms with van der Waals surface area (Å²) in [7, 11) is 1.76. The first-order chi connectivity index (χ1) is 8.10. The molecular formula is C13H16ClNO2. The van der Waals surface area contributed by atoms with Gasteiger partial charge in [-0.1, -0.05) is 29.8 Å². The molecule has 0 aromatic heterocycles. The molecule has 2 rings (SSSR count). The molecule has 2 atom stereocenters. The molecule has 1 aliphatic carbocycles. The first-order valence-corrected chi connectivity index (χ1v) is 6.13. The minimum atomic E-state index is -0.739. The fourth-order valence-corrected chi connectivity index (χ4v) is 2.80. The van der Waals surface area contributed by atoms with Gasteiger partial charge < -0.3 is 10.4 Å². The SMILES string of the molecule is CN[C@]1(c2ccccc2Cl)CC[C@@H](O)CC1=O. The van der Waals surface area contributed by atoms with Crippen LogP contribution < -0.4 is 5.32 Å². The molecule has 2 N–H and O–H groups in total. The smallest absolute Gasteiger partial charge is 0.160 e. The molecule has 1 fully saturated rings. The normalized spacial score (nSPS) is 29.4. The lowest BCUT2D eigenvalue weighted by molar-refractivity contribution is -0.131. The summed E-state index contributed by atoms with van der Waals surface area (Å²) in [5.74, 6) is 0.00634. The van der Waals surface area contributed by atoms with Crippen molar-refractivity contribution in [3.63, 3.8) is 0 Å². The monoisotopic (exact) mass is 253 g/mol. The van der Waals surface area contributed by atoms with E-state index in [4.69, 9.17) is 11.6 Å². The molecule has 1 saturated carbocycles. The van der Waals surface area contributed by atoms with Crippen LogP contribution in [-0.2, 0) is 10.3 Å². The second-order valence-electron chi connectivity index (χ2n) is 4.45. The van der Waals surface area contributed by atoms with E-state index in [9.17, 15) is 9.90 Å². The Morgan fingerprint density at radius 2 is 2.18 bits per heavy atom. The Balaban J connectivity index is 2.45. The van der Waals surface area contributed by atoms with Crippen LogP contribution in [0.4, 0.5) is 0 Å². The maximum atomic E-state index is 12.2. The lowest BCUT2D eigenvalue weighted by atomic mass is 9.74. The van der Waals surface area contributed by atoms with E-state index in [1.54, 1.807) is 13.1 Å². The van der Waals surface area contributed by atoms with Crippen LogP contribution in [0.15, 0.2) is 24.3 Å². The van der Waals surface area contributed by atoms with E-state index in [2.05, 4.69) is 5.32 Å². The number of carbonyl (C=O) groups is 1. The van der Waals surface area contributed by atoms with Crippen LogP contribution in [-0.4, -0.2) is 24.0 Å². The first kappa shape index (κ1) is 12.6. The van der Waals surface area contributed by atoms with E-state index in [0.717, 1.165) is 5.56 Å². The Morgan fingerprint density at radius 3 is 2.76 bits per heavy atom. The Labute approximate surface area is 106 Å². The van der Waals surface area contributed by atoms with Crippen LogP contribution in [0, 0.1) is 0 Å². The van der Waals surface area contributed by atoms with Crippen molar-refractivity contribution in [2.45, 2.75) is 30.9 Å². The standard InChI is InChI=1S/C13H16ClNO2/c1-15-13(7-6-9(16)8-12(13)17)10-4-2-3-5-11(10)14/h2-5,9,15-16H,6-8H2,1H3/t9-,13+/m1/s1. The summed E-state index contributed by atoms with van der Waals surface area (Å²) >= 11 is 6.17. The molecule has 17 heavy (non-hydrogen) atoms.